The average Bonchev–Trinajstić information content (AvgIpc) is 2.67. The number of likely N-dealkylation sites (N-methyl/N-ethyl adjacent to an activating group) is 1. The molecule has 1 heterocycles. The molecule has 6 nitrogen and oxygen atoms in total. The van der Waals surface area contributed by atoms with Crippen molar-refractivity contribution in [1.82, 2.24) is 5.32 Å². The second-order valence-corrected chi connectivity index (χ2v) is 5.84. The van der Waals surface area contributed by atoms with Gasteiger partial charge in [0, 0.05) is 7.05 Å². The number of carbonyl (C=O) groups is 2. The third-order valence-corrected chi connectivity index (χ3v) is 4.04. The van der Waals surface area contributed by atoms with E-state index in [-0.39, 0.29) is 19.0 Å². The maximum Gasteiger partial charge on any atom is 0.262 e. The van der Waals surface area contributed by atoms with E-state index < -0.39 is 35.2 Å². The molecule has 27 heavy (non-hydrogen) atoms. The van der Waals surface area contributed by atoms with Crippen LogP contribution in [0.3, 0.4) is 0 Å². The molecule has 9 heteroatoms. The summed E-state index contributed by atoms with van der Waals surface area (Å²) in [7, 11) is 1.47. The number of amides is 2. The zero-order chi connectivity index (χ0) is 19.6. The Morgan fingerprint density at radius 1 is 1.15 bits per heavy atom. The molecule has 0 saturated heterocycles. The fourth-order valence-corrected chi connectivity index (χ4v) is 2.74. The second-order valence-electron chi connectivity index (χ2n) is 5.84. The van der Waals surface area contributed by atoms with Crippen molar-refractivity contribution in [2.45, 2.75) is 6.10 Å². The van der Waals surface area contributed by atoms with Crippen LogP contribution < -0.4 is 20.3 Å². The predicted molar refractivity (Wildman–Crippen MR) is 92.1 cm³/mol. The minimum atomic E-state index is -1.66. The summed E-state index contributed by atoms with van der Waals surface area (Å²) >= 11 is 0. The number of fused-ring (bicyclic) bond motifs is 1. The summed E-state index contributed by atoms with van der Waals surface area (Å²) in [6, 6.07) is 8.49. The van der Waals surface area contributed by atoms with Crippen LogP contribution in [0.4, 0.5) is 24.5 Å². The Labute approximate surface area is 152 Å². The van der Waals surface area contributed by atoms with Crippen molar-refractivity contribution in [1.29, 1.82) is 0 Å². The molecule has 0 radical (unpaired) electrons. The van der Waals surface area contributed by atoms with Crippen LogP contribution in [0.1, 0.15) is 0 Å². The molecule has 0 spiro atoms. The number of nitrogens with one attached hydrogen (secondary N) is 2. The Kier molecular flexibility index (Phi) is 5.20. The Bertz CT molecular complexity index is 891. The molecule has 2 aromatic carbocycles. The Morgan fingerprint density at radius 3 is 2.63 bits per heavy atom. The van der Waals surface area contributed by atoms with E-state index in [9.17, 15) is 22.8 Å². The maximum absolute atomic E-state index is 13.7. The SMILES string of the molecule is CNC(=O)[C@H]1CN(CC(=O)Nc2ccc(F)c(F)c2F)c2ccccc2O1. The first kappa shape index (κ1) is 18.6. The van der Waals surface area contributed by atoms with E-state index in [0.717, 1.165) is 12.1 Å². The van der Waals surface area contributed by atoms with Crippen molar-refractivity contribution in [2.75, 3.05) is 30.4 Å². The van der Waals surface area contributed by atoms with Crippen molar-refractivity contribution < 1.29 is 27.5 Å². The number of benzene rings is 2. The third-order valence-electron chi connectivity index (χ3n) is 4.04. The van der Waals surface area contributed by atoms with Crippen LogP contribution in [0.2, 0.25) is 0 Å². The lowest BCUT2D eigenvalue weighted by atomic mass is 10.1. The van der Waals surface area contributed by atoms with Gasteiger partial charge < -0.3 is 20.3 Å². The molecule has 0 aliphatic carbocycles. The lowest BCUT2D eigenvalue weighted by Gasteiger charge is -2.35. The summed E-state index contributed by atoms with van der Waals surface area (Å²) < 4.78 is 45.7. The molecule has 142 valence electrons. The molecular formula is C18H16F3N3O3. The van der Waals surface area contributed by atoms with Gasteiger partial charge in [0.15, 0.2) is 23.6 Å². The summed E-state index contributed by atoms with van der Waals surface area (Å²) in [5.74, 6) is -5.09. The number of ether oxygens (including phenoxy) is 1. The number of carbonyl (C=O) groups excluding carboxylic acids is 2. The van der Waals surface area contributed by atoms with E-state index in [0.29, 0.717) is 11.4 Å². The molecule has 0 fully saturated rings. The van der Waals surface area contributed by atoms with Crippen LogP contribution in [0.5, 0.6) is 5.75 Å². The third kappa shape index (κ3) is 3.81. The summed E-state index contributed by atoms with van der Waals surface area (Å²) in [6.07, 6.45) is -0.835. The highest BCUT2D eigenvalue weighted by atomic mass is 19.2. The number of anilines is 2. The summed E-state index contributed by atoms with van der Waals surface area (Å²) in [4.78, 5) is 25.8. The standard InChI is InChI=1S/C18H16F3N3O3/c1-22-18(26)14-8-24(12-4-2-3-5-13(12)27-14)9-15(25)23-11-7-6-10(19)16(20)17(11)21/h2-7,14H,8-9H2,1H3,(H,22,26)(H,23,25)/t14-/m1/s1. The van der Waals surface area contributed by atoms with Gasteiger partial charge in [0.25, 0.3) is 5.91 Å². The van der Waals surface area contributed by atoms with E-state index in [1.54, 1.807) is 29.2 Å². The largest absolute Gasteiger partial charge is 0.477 e. The zero-order valence-corrected chi connectivity index (χ0v) is 14.3. The van der Waals surface area contributed by atoms with E-state index >= 15 is 0 Å². The highest BCUT2D eigenvalue weighted by Gasteiger charge is 2.31. The van der Waals surface area contributed by atoms with Gasteiger partial charge in [0.2, 0.25) is 5.91 Å². The fourth-order valence-electron chi connectivity index (χ4n) is 2.74. The van der Waals surface area contributed by atoms with Crippen LogP contribution in [0.25, 0.3) is 0 Å². The van der Waals surface area contributed by atoms with Gasteiger partial charge in [-0.3, -0.25) is 9.59 Å². The summed E-state index contributed by atoms with van der Waals surface area (Å²) in [6.45, 7) is -0.156. The van der Waals surface area contributed by atoms with E-state index in [1.807, 2.05) is 0 Å². The van der Waals surface area contributed by atoms with Crippen LogP contribution in [-0.4, -0.2) is 38.1 Å². The molecule has 1 aliphatic rings. The van der Waals surface area contributed by atoms with Crippen molar-refractivity contribution >= 4 is 23.2 Å². The molecule has 0 bridgehead atoms. The number of halogens is 3. The molecule has 0 saturated carbocycles. The Morgan fingerprint density at radius 2 is 1.89 bits per heavy atom. The molecule has 0 aromatic heterocycles. The van der Waals surface area contributed by atoms with Crippen molar-refractivity contribution in [2.24, 2.45) is 0 Å². The Balaban J connectivity index is 1.78. The normalized spacial score (nSPS) is 15.6. The predicted octanol–water partition coefficient (Wildman–Crippen LogP) is 2.06. The maximum atomic E-state index is 13.7. The van der Waals surface area contributed by atoms with Crippen molar-refractivity contribution in [3.63, 3.8) is 0 Å². The first-order valence-corrected chi connectivity index (χ1v) is 8.06. The summed E-state index contributed by atoms with van der Waals surface area (Å²) in [5.41, 5.74) is 0.113. The van der Waals surface area contributed by atoms with Crippen LogP contribution in [-0.2, 0) is 9.59 Å². The highest BCUT2D eigenvalue weighted by molar-refractivity contribution is 5.95. The Hall–Kier alpha value is -3.23. The number of nitrogens with zero attached hydrogens (tertiary/aromatic N) is 1. The van der Waals surface area contributed by atoms with Gasteiger partial charge in [0.1, 0.15) is 5.75 Å². The van der Waals surface area contributed by atoms with Crippen LogP contribution in [0, 0.1) is 17.5 Å². The highest BCUT2D eigenvalue weighted by Crippen LogP contribution is 2.33. The molecule has 1 atom stereocenters. The molecule has 0 unspecified atom stereocenters. The zero-order valence-electron chi connectivity index (χ0n) is 14.3. The van der Waals surface area contributed by atoms with Gasteiger partial charge in [-0.05, 0) is 24.3 Å². The van der Waals surface area contributed by atoms with Crippen LogP contribution >= 0.6 is 0 Å². The molecule has 2 amide bonds. The molecule has 3 rings (SSSR count). The molecule has 2 aromatic rings. The second kappa shape index (κ2) is 7.56. The lowest BCUT2D eigenvalue weighted by molar-refractivity contribution is -0.127. The quantitative estimate of drug-likeness (QED) is 0.798. The van der Waals surface area contributed by atoms with Gasteiger partial charge in [-0.2, -0.15) is 0 Å². The monoisotopic (exact) mass is 379 g/mol. The van der Waals surface area contributed by atoms with E-state index in [4.69, 9.17) is 4.74 Å². The number of rotatable bonds is 4. The van der Waals surface area contributed by atoms with Crippen molar-refractivity contribution in [3.05, 3.63) is 53.8 Å². The van der Waals surface area contributed by atoms with Gasteiger partial charge in [-0.1, -0.05) is 12.1 Å². The van der Waals surface area contributed by atoms with Gasteiger partial charge in [-0.25, -0.2) is 13.2 Å². The first-order chi connectivity index (χ1) is 12.9. The number of hydrogen-bond donors (Lipinski definition) is 2. The minimum Gasteiger partial charge on any atom is -0.477 e. The minimum absolute atomic E-state index is 0.0877. The molecule has 1 aliphatic heterocycles. The van der Waals surface area contributed by atoms with Crippen molar-refractivity contribution in [3.8, 4) is 5.75 Å². The fraction of sp³-hybridized carbons (Fsp3) is 0.222. The number of hydrogen-bond acceptors (Lipinski definition) is 4. The van der Waals surface area contributed by atoms with Gasteiger partial charge in [0.05, 0.1) is 24.5 Å². The average molecular weight is 379 g/mol. The topological polar surface area (TPSA) is 70.7 Å². The van der Waals surface area contributed by atoms with Gasteiger partial charge in [-0.15, -0.1) is 0 Å². The summed E-state index contributed by atoms with van der Waals surface area (Å²) in [5, 5.41) is 4.69. The molecular weight excluding hydrogens is 363 g/mol. The number of para-hydroxylation sites is 2. The van der Waals surface area contributed by atoms with E-state index in [2.05, 4.69) is 10.6 Å². The van der Waals surface area contributed by atoms with Gasteiger partial charge >= 0.3 is 0 Å². The smallest absolute Gasteiger partial charge is 0.262 e. The lowest BCUT2D eigenvalue weighted by Crippen LogP contribution is -2.50. The first-order valence-electron chi connectivity index (χ1n) is 8.06. The van der Waals surface area contributed by atoms with E-state index in [1.165, 1.54) is 7.05 Å². The molecule has 2 N–H and O–H groups in total. The van der Waals surface area contributed by atoms with Crippen LogP contribution in [0.15, 0.2) is 36.4 Å².